The Morgan fingerprint density at radius 1 is 1.41 bits per heavy atom. The van der Waals surface area contributed by atoms with E-state index in [1.165, 1.54) is 12.1 Å². The molecule has 5 nitrogen and oxygen atoms in total. The van der Waals surface area contributed by atoms with Gasteiger partial charge in [0.1, 0.15) is 5.82 Å². The van der Waals surface area contributed by atoms with Gasteiger partial charge < -0.3 is 15.7 Å². The summed E-state index contributed by atoms with van der Waals surface area (Å²) in [6.07, 6.45) is -0.169. The van der Waals surface area contributed by atoms with Crippen LogP contribution in [0.15, 0.2) is 18.2 Å². The van der Waals surface area contributed by atoms with E-state index in [2.05, 4.69) is 10.6 Å². The number of carbonyl (C=O) groups is 2. The van der Waals surface area contributed by atoms with Gasteiger partial charge >= 0.3 is 12.0 Å². The van der Waals surface area contributed by atoms with Gasteiger partial charge in [-0.05, 0) is 18.2 Å². The molecule has 0 spiro atoms. The van der Waals surface area contributed by atoms with Crippen LogP contribution in [-0.4, -0.2) is 23.7 Å². The van der Waals surface area contributed by atoms with Crippen molar-refractivity contribution in [1.82, 2.24) is 5.32 Å². The molecule has 0 aliphatic heterocycles. The predicted octanol–water partition coefficient (Wildman–Crippen LogP) is 2.08. The van der Waals surface area contributed by atoms with E-state index in [1.807, 2.05) is 0 Å². The monoisotopic (exact) mass is 260 g/mol. The van der Waals surface area contributed by atoms with Gasteiger partial charge in [-0.3, -0.25) is 4.79 Å². The lowest BCUT2D eigenvalue weighted by Gasteiger charge is -2.07. The molecule has 0 aromatic heterocycles. The lowest BCUT2D eigenvalue weighted by Crippen LogP contribution is -2.30. The van der Waals surface area contributed by atoms with Crippen LogP contribution in [0.25, 0.3) is 0 Å². The fraction of sp³-hybridized carbons (Fsp3) is 0.200. The molecular formula is C10H10ClFN2O3. The Labute approximate surface area is 102 Å². The zero-order valence-corrected chi connectivity index (χ0v) is 9.42. The fourth-order valence-corrected chi connectivity index (χ4v) is 1.21. The molecule has 0 saturated carbocycles. The summed E-state index contributed by atoms with van der Waals surface area (Å²) >= 11 is 5.52. The third-order valence-electron chi connectivity index (χ3n) is 1.80. The Morgan fingerprint density at radius 2 is 2.12 bits per heavy atom. The van der Waals surface area contributed by atoms with Crippen LogP contribution in [0.3, 0.4) is 0 Å². The quantitative estimate of drug-likeness (QED) is 0.775. The minimum atomic E-state index is -1.00. The first-order valence-electron chi connectivity index (χ1n) is 4.70. The van der Waals surface area contributed by atoms with Crippen molar-refractivity contribution in [3.63, 3.8) is 0 Å². The minimum Gasteiger partial charge on any atom is -0.481 e. The molecule has 0 unspecified atom stereocenters. The number of rotatable bonds is 4. The summed E-state index contributed by atoms with van der Waals surface area (Å²) in [5, 5.41) is 13.0. The second kappa shape index (κ2) is 6.05. The number of urea groups is 1. The lowest BCUT2D eigenvalue weighted by molar-refractivity contribution is -0.136. The standard InChI is InChI=1S/C10H10ClFN2O3/c11-7-5-6(1-2-8(7)12)14-10(17)13-4-3-9(15)16/h1-2,5H,3-4H2,(H,15,16)(H2,13,14,17). The molecular weight excluding hydrogens is 251 g/mol. The van der Waals surface area contributed by atoms with E-state index in [-0.39, 0.29) is 18.0 Å². The first-order chi connectivity index (χ1) is 7.99. The molecule has 0 heterocycles. The van der Waals surface area contributed by atoms with Gasteiger partial charge in [-0.2, -0.15) is 0 Å². The molecule has 0 aliphatic carbocycles. The predicted molar refractivity (Wildman–Crippen MR) is 60.7 cm³/mol. The number of hydrogen-bond donors (Lipinski definition) is 3. The number of amides is 2. The van der Waals surface area contributed by atoms with E-state index in [4.69, 9.17) is 16.7 Å². The van der Waals surface area contributed by atoms with E-state index in [9.17, 15) is 14.0 Å². The number of aliphatic carboxylic acids is 1. The van der Waals surface area contributed by atoms with Gasteiger partial charge in [-0.15, -0.1) is 0 Å². The van der Waals surface area contributed by atoms with Crippen LogP contribution < -0.4 is 10.6 Å². The van der Waals surface area contributed by atoms with Gasteiger partial charge in [0.2, 0.25) is 0 Å². The summed E-state index contributed by atoms with van der Waals surface area (Å²) in [7, 11) is 0. The molecule has 0 bridgehead atoms. The molecule has 0 aliphatic rings. The Morgan fingerprint density at radius 3 is 2.71 bits per heavy atom. The SMILES string of the molecule is O=C(O)CCNC(=O)Nc1ccc(F)c(Cl)c1. The van der Waals surface area contributed by atoms with Crippen molar-refractivity contribution in [3.05, 3.63) is 29.0 Å². The van der Waals surface area contributed by atoms with Gasteiger partial charge in [0, 0.05) is 12.2 Å². The highest BCUT2D eigenvalue weighted by Gasteiger charge is 2.05. The average molecular weight is 261 g/mol. The van der Waals surface area contributed by atoms with E-state index in [0.717, 1.165) is 6.07 Å². The fourth-order valence-electron chi connectivity index (χ4n) is 1.03. The molecule has 0 fully saturated rings. The Balaban J connectivity index is 2.45. The Kier molecular flexibility index (Phi) is 4.71. The molecule has 2 amide bonds. The number of anilines is 1. The van der Waals surface area contributed by atoms with E-state index >= 15 is 0 Å². The second-order valence-corrected chi connectivity index (χ2v) is 3.56. The van der Waals surface area contributed by atoms with Crippen molar-refractivity contribution in [1.29, 1.82) is 0 Å². The van der Waals surface area contributed by atoms with Crippen molar-refractivity contribution in [3.8, 4) is 0 Å². The second-order valence-electron chi connectivity index (χ2n) is 3.15. The van der Waals surface area contributed by atoms with Crippen LogP contribution in [0.2, 0.25) is 5.02 Å². The molecule has 1 rings (SSSR count). The number of carbonyl (C=O) groups excluding carboxylic acids is 1. The zero-order valence-electron chi connectivity index (χ0n) is 8.67. The highest BCUT2D eigenvalue weighted by Crippen LogP contribution is 2.19. The number of carboxylic acid groups (broad SMARTS) is 1. The van der Waals surface area contributed by atoms with Crippen LogP contribution >= 0.6 is 11.6 Å². The third-order valence-corrected chi connectivity index (χ3v) is 2.09. The van der Waals surface area contributed by atoms with Crippen LogP contribution in [0.5, 0.6) is 0 Å². The van der Waals surface area contributed by atoms with Crippen LogP contribution in [0, 0.1) is 5.82 Å². The molecule has 1 aromatic carbocycles. The van der Waals surface area contributed by atoms with Gasteiger partial charge in [0.25, 0.3) is 0 Å². The van der Waals surface area contributed by atoms with Crippen LogP contribution in [0.4, 0.5) is 14.9 Å². The maximum atomic E-state index is 12.8. The van der Waals surface area contributed by atoms with E-state index < -0.39 is 17.8 Å². The summed E-state index contributed by atoms with van der Waals surface area (Å²) in [5.41, 5.74) is 0.323. The van der Waals surface area contributed by atoms with Gasteiger partial charge in [0.15, 0.2) is 0 Å². The summed E-state index contributed by atoms with van der Waals surface area (Å²) < 4.78 is 12.8. The normalized spacial score (nSPS) is 9.76. The molecule has 3 N–H and O–H groups in total. The Hall–Kier alpha value is -1.82. The van der Waals surface area contributed by atoms with E-state index in [0.29, 0.717) is 5.69 Å². The lowest BCUT2D eigenvalue weighted by atomic mass is 10.3. The van der Waals surface area contributed by atoms with Crippen LogP contribution in [0.1, 0.15) is 6.42 Å². The first-order valence-corrected chi connectivity index (χ1v) is 5.08. The maximum Gasteiger partial charge on any atom is 0.319 e. The number of nitrogens with one attached hydrogen (secondary N) is 2. The first kappa shape index (κ1) is 13.2. The molecule has 0 saturated heterocycles. The molecule has 0 radical (unpaired) electrons. The largest absolute Gasteiger partial charge is 0.481 e. The third kappa shape index (κ3) is 4.69. The average Bonchev–Trinajstić information content (AvgIpc) is 2.23. The summed E-state index contributed by atoms with van der Waals surface area (Å²) in [5.74, 6) is -1.58. The number of halogens is 2. The molecule has 7 heteroatoms. The van der Waals surface area contributed by atoms with Crippen molar-refractivity contribution in [2.45, 2.75) is 6.42 Å². The zero-order chi connectivity index (χ0) is 12.8. The smallest absolute Gasteiger partial charge is 0.319 e. The molecule has 1 aromatic rings. The topological polar surface area (TPSA) is 78.4 Å². The molecule has 0 atom stereocenters. The summed E-state index contributed by atoms with van der Waals surface area (Å²) in [6.45, 7) is 0.0100. The van der Waals surface area contributed by atoms with Crippen molar-refractivity contribution in [2.24, 2.45) is 0 Å². The van der Waals surface area contributed by atoms with Crippen molar-refractivity contribution < 1.29 is 19.1 Å². The molecule has 17 heavy (non-hydrogen) atoms. The van der Waals surface area contributed by atoms with E-state index in [1.54, 1.807) is 0 Å². The van der Waals surface area contributed by atoms with Crippen molar-refractivity contribution in [2.75, 3.05) is 11.9 Å². The molecule has 92 valence electrons. The van der Waals surface area contributed by atoms with Gasteiger partial charge in [0.05, 0.1) is 11.4 Å². The highest BCUT2D eigenvalue weighted by molar-refractivity contribution is 6.31. The maximum absolute atomic E-state index is 12.8. The van der Waals surface area contributed by atoms with Crippen LogP contribution in [-0.2, 0) is 4.79 Å². The summed E-state index contributed by atoms with van der Waals surface area (Å²) in [6, 6.07) is 3.15. The number of carboxylic acids is 1. The minimum absolute atomic E-state index is 0.0100. The van der Waals surface area contributed by atoms with Crippen molar-refractivity contribution >= 4 is 29.3 Å². The summed E-state index contributed by atoms with van der Waals surface area (Å²) in [4.78, 5) is 21.4. The van der Waals surface area contributed by atoms with Gasteiger partial charge in [-0.1, -0.05) is 11.6 Å². The number of hydrogen-bond acceptors (Lipinski definition) is 2. The number of benzene rings is 1. The van der Waals surface area contributed by atoms with Gasteiger partial charge in [-0.25, -0.2) is 9.18 Å². The highest BCUT2D eigenvalue weighted by atomic mass is 35.5. The Bertz CT molecular complexity index is 440.